The van der Waals surface area contributed by atoms with Crippen molar-refractivity contribution in [3.05, 3.63) is 29.6 Å². The van der Waals surface area contributed by atoms with Gasteiger partial charge in [0.15, 0.2) is 9.84 Å². The molecular weight excluding hydrogens is 287 g/mol. The lowest BCUT2D eigenvalue weighted by atomic mass is 10.1. The zero-order chi connectivity index (χ0) is 14.8. The monoisotopic (exact) mass is 304 g/mol. The first-order valence-corrected chi connectivity index (χ1v) is 7.87. The lowest BCUT2D eigenvalue weighted by molar-refractivity contribution is 0.560. The molecule has 0 unspecified atom stereocenters. The van der Waals surface area contributed by atoms with Gasteiger partial charge in [0.2, 0.25) is 0 Å². The van der Waals surface area contributed by atoms with Gasteiger partial charge in [0, 0.05) is 24.1 Å². The Morgan fingerprint density at radius 1 is 1.47 bits per heavy atom. The van der Waals surface area contributed by atoms with Gasteiger partial charge in [-0.3, -0.25) is 0 Å². The lowest BCUT2D eigenvalue weighted by Crippen LogP contribution is -2.38. The second-order valence-electron chi connectivity index (χ2n) is 4.94. The lowest BCUT2D eigenvalue weighted by Gasteiger charge is -2.24. The van der Waals surface area contributed by atoms with Crippen LogP contribution < -0.4 is 11.1 Å². The van der Waals surface area contributed by atoms with Crippen LogP contribution in [0.25, 0.3) is 0 Å². The molecule has 106 valence electrons. The smallest absolute Gasteiger partial charge is 0.154 e. The highest BCUT2D eigenvalue weighted by atomic mass is 32.2. The zero-order valence-corrected chi connectivity index (χ0v) is 12.7. The third kappa shape index (κ3) is 3.87. The first kappa shape index (κ1) is 15.8. The van der Waals surface area contributed by atoms with Crippen LogP contribution in [-0.4, -0.2) is 31.0 Å². The van der Waals surface area contributed by atoms with Gasteiger partial charge < -0.3 is 11.1 Å². The first-order valence-electron chi connectivity index (χ1n) is 5.57. The van der Waals surface area contributed by atoms with E-state index in [9.17, 15) is 12.8 Å². The molecule has 0 aromatic heterocycles. The number of thiocarbonyl (C=S) groups is 1. The van der Waals surface area contributed by atoms with Crippen LogP contribution in [0.4, 0.5) is 10.1 Å². The minimum atomic E-state index is -3.21. The molecule has 3 N–H and O–H groups in total. The van der Waals surface area contributed by atoms with Gasteiger partial charge in [0.25, 0.3) is 0 Å². The molecule has 7 heteroatoms. The fourth-order valence-corrected chi connectivity index (χ4v) is 1.82. The van der Waals surface area contributed by atoms with E-state index < -0.39 is 20.4 Å². The molecule has 0 saturated heterocycles. The van der Waals surface area contributed by atoms with E-state index in [1.54, 1.807) is 13.8 Å². The van der Waals surface area contributed by atoms with Gasteiger partial charge in [0.05, 0.1) is 4.75 Å². The average molecular weight is 304 g/mol. The highest BCUT2D eigenvalue weighted by molar-refractivity contribution is 7.92. The van der Waals surface area contributed by atoms with Crippen molar-refractivity contribution in [2.24, 2.45) is 5.73 Å². The van der Waals surface area contributed by atoms with Gasteiger partial charge in [-0.2, -0.15) is 0 Å². The number of nitrogens with two attached hydrogens (primary N) is 1. The van der Waals surface area contributed by atoms with Crippen LogP contribution in [0.3, 0.4) is 0 Å². The van der Waals surface area contributed by atoms with E-state index in [2.05, 4.69) is 5.32 Å². The molecule has 0 heterocycles. The van der Waals surface area contributed by atoms with Gasteiger partial charge in [-0.05, 0) is 32.0 Å². The highest BCUT2D eigenvalue weighted by Crippen LogP contribution is 2.20. The van der Waals surface area contributed by atoms with Crippen LogP contribution in [0.5, 0.6) is 0 Å². The number of benzene rings is 1. The van der Waals surface area contributed by atoms with E-state index in [1.807, 2.05) is 0 Å². The molecule has 0 bridgehead atoms. The van der Waals surface area contributed by atoms with Gasteiger partial charge in [-0.15, -0.1) is 0 Å². The molecular formula is C12H17FN2O2S2. The van der Waals surface area contributed by atoms with Crippen LogP contribution >= 0.6 is 12.2 Å². The molecule has 0 spiro atoms. The van der Waals surface area contributed by atoms with Crippen LogP contribution in [0, 0.1) is 5.82 Å². The van der Waals surface area contributed by atoms with Crippen molar-refractivity contribution in [2.45, 2.75) is 18.6 Å². The fourth-order valence-electron chi connectivity index (χ4n) is 1.31. The van der Waals surface area contributed by atoms with Gasteiger partial charge in [0.1, 0.15) is 10.8 Å². The molecule has 0 aliphatic rings. The standard InChI is InChI=1S/C12H17FN2O2S2/c1-12(2,19(3,16)17)7-15-10-5-4-8(13)6-9(10)11(14)18/h4-6,15H,7H2,1-3H3,(H2,14,18). The Kier molecular flexibility index (Phi) is 4.52. The second kappa shape index (κ2) is 5.42. The number of nitrogens with one attached hydrogen (secondary N) is 1. The molecule has 1 rings (SSSR count). The molecule has 4 nitrogen and oxygen atoms in total. The molecule has 1 aromatic carbocycles. The minimum absolute atomic E-state index is 0.0548. The van der Waals surface area contributed by atoms with E-state index in [0.29, 0.717) is 11.3 Å². The Morgan fingerprint density at radius 3 is 2.53 bits per heavy atom. The molecule has 0 saturated carbocycles. The Balaban J connectivity index is 2.99. The minimum Gasteiger partial charge on any atom is -0.389 e. The van der Waals surface area contributed by atoms with Crippen molar-refractivity contribution in [3.63, 3.8) is 0 Å². The maximum Gasteiger partial charge on any atom is 0.154 e. The van der Waals surface area contributed by atoms with Gasteiger partial charge >= 0.3 is 0 Å². The summed E-state index contributed by atoms with van der Waals surface area (Å²) in [4.78, 5) is 0.0548. The normalized spacial score (nSPS) is 12.2. The second-order valence-corrected chi connectivity index (χ2v) is 8.03. The average Bonchev–Trinajstić information content (AvgIpc) is 2.25. The summed E-state index contributed by atoms with van der Waals surface area (Å²) < 4.78 is 35.4. The quantitative estimate of drug-likeness (QED) is 0.810. The largest absolute Gasteiger partial charge is 0.389 e. The third-order valence-corrected chi connectivity index (χ3v) is 5.33. The third-order valence-electron chi connectivity index (χ3n) is 2.96. The molecule has 0 atom stereocenters. The maximum atomic E-state index is 13.1. The molecule has 1 aromatic rings. The Bertz CT molecular complexity index is 598. The Morgan fingerprint density at radius 2 is 2.05 bits per heavy atom. The van der Waals surface area contributed by atoms with Crippen molar-refractivity contribution in [1.29, 1.82) is 0 Å². The molecule has 0 radical (unpaired) electrons. The number of anilines is 1. The van der Waals surface area contributed by atoms with Crippen molar-refractivity contribution >= 4 is 32.7 Å². The van der Waals surface area contributed by atoms with Crippen molar-refractivity contribution in [1.82, 2.24) is 0 Å². The van der Waals surface area contributed by atoms with Crippen LogP contribution in [0.2, 0.25) is 0 Å². The number of rotatable bonds is 5. The summed E-state index contributed by atoms with van der Waals surface area (Å²) >= 11 is 4.84. The summed E-state index contributed by atoms with van der Waals surface area (Å²) in [6.07, 6.45) is 1.17. The topological polar surface area (TPSA) is 72.2 Å². The summed E-state index contributed by atoms with van der Waals surface area (Å²) in [6.45, 7) is 3.39. The van der Waals surface area contributed by atoms with E-state index in [-0.39, 0.29) is 11.5 Å². The SMILES string of the molecule is CC(C)(CNc1ccc(F)cc1C(N)=S)S(C)(=O)=O. The maximum absolute atomic E-state index is 13.1. The first-order chi connectivity index (χ1) is 8.54. The van der Waals surface area contributed by atoms with Gasteiger partial charge in [-0.1, -0.05) is 12.2 Å². The summed E-state index contributed by atoms with van der Waals surface area (Å²) in [5.41, 5.74) is 6.39. The number of sulfone groups is 1. The van der Waals surface area contributed by atoms with Crippen LogP contribution in [-0.2, 0) is 9.84 Å². The molecule has 0 amide bonds. The molecule has 19 heavy (non-hydrogen) atoms. The van der Waals surface area contributed by atoms with Gasteiger partial charge in [-0.25, -0.2) is 12.8 Å². The number of hydrogen-bond donors (Lipinski definition) is 2. The van der Waals surface area contributed by atoms with E-state index in [0.717, 1.165) is 0 Å². The van der Waals surface area contributed by atoms with E-state index in [4.69, 9.17) is 18.0 Å². The summed E-state index contributed by atoms with van der Waals surface area (Å²) in [7, 11) is -3.21. The number of hydrogen-bond acceptors (Lipinski definition) is 4. The predicted octanol–water partition coefficient (Wildman–Crippen LogP) is 1.70. The van der Waals surface area contributed by atoms with Crippen LogP contribution in [0.15, 0.2) is 18.2 Å². The highest BCUT2D eigenvalue weighted by Gasteiger charge is 2.30. The van der Waals surface area contributed by atoms with Crippen molar-refractivity contribution in [3.8, 4) is 0 Å². The van der Waals surface area contributed by atoms with E-state index in [1.165, 1.54) is 24.5 Å². The van der Waals surface area contributed by atoms with Crippen molar-refractivity contribution in [2.75, 3.05) is 18.1 Å². The Labute approximate surface area is 118 Å². The summed E-state index contributed by atoms with van der Waals surface area (Å²) in [5.74, 6) is -0.448. The molecule has 0 aliphatic heterocycles. The molecule has 0 fully saturated rings. The number of halogens is 1. The van der Waals surface area contributed by atoms with Crippen molar-refractivity contribution < 1.29 is 12.8 Å². The summed E-state index contributed by atoms with van der Waals surface area (Å²) in [5, 5.41) is 2.96. The molecule has 0 aliphatic carbocycles. The predicted molar refractivity (Wildman–Crippen MR) is 79.7 cm³/mol. The summed E-state index contributed by atoms with van der Waals surface area (Å²) in [6, 6.07) is 3.97. The van der Waals surface area contributed by atoms with Crippen LogP contribution in [0.1, 0.15) is 19.4 Å². The Hall–Kier alpha value is -1.21. The van der Waals surface area contributed by atoms with E-state index >= 15 is 0 Å². The zero-order valence-electron chi connectivity index (χ0n) is 11.0. The fraction of sp³-hybridized carbons (Fsp3) is 0.417.